The van der Waals surface area contributed by atoms with E-state index in [9.17, 15) is 8.42 Å². The normalized spacial score (nSPS) is 12.3. The third-order valence-corrected chi connectivity index (χ3v) is 4.78. The third-order valence-electron chi connectivity index (χ3n) is 4.00. The molecule has 5 nitrogen and oxygen atoms in total. The second-order valence-electron chi connectivity index (χ2n) is 6.27. The quantitative estimate of drug-likeness (QED) is 0.683. The van der Waals surface area contributed by atoms with Gasteiger partial charge in [-0.1, -0.05) is 36.4 Å². The van der Waals surface area contributed by atoms with Crippen molar-refractivity contribution >= 4 is 10.0 Å². The molecular formula is C20H24N2O3S. The number of ether oxygens (including phenoxy) is 1. The van der Waals surface area contributed by atoms with E-state index < -0.39 is 10.0 Å². The Morgan fingerprint density at radius 1 is 1.12 bits per heavy atom. The fraction of sp³-hybridized carbons (Fsp3) is 0.350. The van der Waals surface area contributed by atoms with Crippen molar-refractivity contribution in [2.75, 3.05) is 12.9 Å². The van der Waals surface area contributed by atoms with Crippen molar-refractivity contribution in [3.63, 3.8) is 0 Å². The van der Waals surface area contributed by atoms with Crippen molar-refractivity contribution in [2.24, 2.45) is 0 Å². The van der Waals surface area contributed by atoms with E-state index in [0.29, 0.717) is 17.9 Å². The summed E-state index contributed by atoms with van der Waals surface area (Å²) in [5.41, 5.74) is 2.70. The molecule has 0 unspecified atom stereocenters. The fourth-order valence-electron chi connectivity index (χ4n) is 2.66. The van der Waals surface area contributed by atoms with E-state index >= 15 is 0 Å². The van der Waals surface area contributed by atoms with Crippen LogP contribution < -0.4 is 9.46 Å². The number of rotatable bonds is 9. The highest BCUT2D eigenvalue weighted by atomic mass is 32.2. The van der Waals surface area contributed by atoms with Crippen LogP contribution in [0, 0.1) is 11.3 Å². The zero-order valence-corrected chi connectivity index (χ0v) is 15.9. The number of hydrogen-bond acceptors (Lipinski definition) is 4. The van der Waals surface area contributed by atoms with Crippen LogP contribution in [0.2, 0.25) is 0 Å². The molecule has 0 heterocycles. The predicted octanol–water partition coefficient (Wildman–Crippen LogP) is 3.57. The van der Waals surface area contributed by atoms with Crippen LogP contribution in [0.25, 0.3) is 0 Å². The second kappa shape index (κ2) is 9.37. The van der Waals surface area contributed by atoms with E-state index in [1.165, 1.54) is 5.56 Å². The van der Waals surface area contributed by atoms with Gasteiger partial charge in [0.1, 0.15) is 11.8 Å². The van der Waals surface area contributed by atoms with Crippen molar-refractivity contribution in [3.05, 3.63) is 65.2 Å². The second-order valence-corrected chi connectivity index (χ2v) is 8.05. The van der Waals surface area contributed by atoms with Crippen LogP contribution in [0.3, 0.4) is 0 Å². The van der Waals surface area contributed by atoms with Gasteiger partial charge in [-0.2, -0.15) is 5.26 Å². The molecule has 1 N–H and O–H groups in total. The van der Waals surface area contributed by atoms with Crippen molar-refractivity contribution < 1.29 is 13.2 Å². The molecule has 0 saturated carbocycles. The molecule has 2 aromatic rings. The summed E-state index contributed by atoms with van der Waals surface area (Å²) in [6.45, 7) is 2.40. The fourth-order valence-corrected chi connectivity index (χ4v) is 3.44. The molecule has 2 rings (SSSR count). The van der Waals surface area contributed by atoms with E-state index in [-0.39, 0.29) is 6.04 Å². The molecule has 0 saturated heterocycles. The monoisotopic (exact) mass is 372 g/mol. The highest BCUT2D eigenvalue weighted by Gasteiger charge is 2.10. The minimum Gasteiger partial charge on any atom is -0.492 e. The molecule has 1 atom stereocenters. The van der Waals surface area contributed by atoms with Gasteiger partial charge in [0.05, 0.1) is 18.4 Å². The topological polar surface area (TPSA) is 79.2 Å². The lowest BCUT2D eigenvalue weighted by atomic mass is 10.0. The summed E-state index contributed by atoms with van der Waals surface area (Å²) in [6, 6.07) is 17.1. The number of hydrogen-bond donors (Lipinski definition) is 1. The smallest absolute Gasteiger partial charge is 0.209 e. The Balaban J connectivity index is 1.75. The van der Waals surface area contributed by atoms with Crippen molar-refractivity contribution in [2.45, 2.75) is 32.2 Å². The molecule has 138 valence electrons. The first-order valence-corrected chi connectivity index (χ1v) is 10.5. The zero-order valence-electron chi connectivity index (χ0n) is 15.1. The van der Waals surface area contributed by atoms with Crippen LogP contribution in [-0.4, -0.2) is 21.3 Å². The standard InChI is InChI=1S/C20H24N2O3S/c1-16(22-26(2,23)24)18-12-10-17(11-13-18)7-5-6-14-25-20-9-4-3-8-19(20)15-21/h3-4,8-13,16,22H,5-7,14H2,1-2H3/t16-/m1/s1. The molecule has 0 bridgehead atoms. The summed E-state index contributed by atoms with van der Waals surface area (Å²) >= 11 is 0. The number of sulfonamides is 1. The van der Waals surface area contributed by atoms with Gasteiger partial charge in [0.2, 0.25) is 10.0 Å². The number of nitrogens with zero attached hydrogens (tertiary/aromatic N) is 1. The lowest BCUT2D eigenvalue weighted by Gasteiger charge is -2.13. The van der Waals surface area contributed by atoms with Crippen molar-refractivity contribution in [1.82, 2.24) is 4.72 Å². The Kier molecular flexibility index (Phi) is 7.19. The number of para-hydroxylation sites is 1. The minimum absolute atomic E-state index is 0.243. The summed E-state index contributed by atoms with van der Waals surface area (Å²) in [4.78, 5) is 0. The summed E-state index contributed by atoms with van der Waals surface area (Å²) in [5, 5.41) is 9.03. The van der Waals surface area contributed by atoms with Gasteiger partial charge in [0.25, 0.3) is 0 Å². The van der Waals surface area contributed by atoms with Crippen LogP contribution in [0.15, 0.2) is 48.5 Å². The van der Waals surface area contributed by atoms with Gasteiger partial charge in [0, 0.05) is 6.04 Å². The molecule has 0 amide bonds. The molecule has 0 aliphatic rings. The Labute approximate surface area is 155 Å². The maximum atomic E-state index is 11.3. The minimum atomic E-state index is -3.21. The van der Waals surface area contributed by atoms with Crippen LogP contribution in [0.5, 0.6) is 5.75 Å². The van der Waals surface area contributed by atoms with E-state index in [0.717, 1.165) is 31.1 Å². The van der Waals surface area contributed by atoms with Gasteiger partial charge >= 0.3 is 0 Å². The third kappa shape index (κ3) is 6.51. The largest absolute Gasteiger partial charge is 0.492 e. The van der Waals surface area contributed by atoms with Crippen LogP contribution in [0.4, 0.5) is 0 Å². The predicted molar refractivity (Wildman–Crippen MR) is 102 cm³/mol. The van der Waals surface area contributed by atoms with Crippen LogP contribution in [0.1, 0.15) is 42.5 Å². The molecule has 0 aliphatic heterocycles. The van der Waals surface area contributed by atoms with Gasteiger partial charge in [-0.25, -0.2) is 13.1 Å². The summed E-state index contributed by atoms with van der Waals surface area (Å²) < 4.78 is 30.8. The molecule has 0 spiro atoms. The Bertz CT molecular complexity index is 855. The van der Waals surface area contributed by atoms with E-state index in [1.807, 2.05) is 49.4 Å². The van der Waals surface area contributed by atoms with Gasteiger partial charge in [-0.05, 0) is 49.4 Å². The van der Waals surface area contributed by atoms with Gasteiger partial charge in [-0.3, -0.25) is 0 Å². The molecular weight excluding hydrogens is 348 g/mol. The average Bonchev–Trinajstić information content (AvgIpc) is 2.61. The maximum absolute atomic E-state index is 11.3. The van der Waals surface area contributed by atoms with Gasteiger partial charge in [0.15, 0.2) is 0 Å². The molecule has 26 heavy (non-hydrogen) atoms. The van der Waals surface area contributed by atoms with Crippen molar-refractivity contribution in [1.29, 1.82) is 5.26 Å². The number of benzene rings is 2. The SMILES string of the molecule is C[C@@H](NS(C)(=O)=O)c1ccc(CCCCOc2ccccc2C#N)cc1. The molecule has 0 aromatic heterocycles. The summed E-state index contributed by atoms with van der Waals surface area (Å²) in [6.07, 6.45) is 3.96. The zero-order chi connectivity index (χ0) is 19.0. The maximum Gasteiger partial charge on any atom is 0.209 e. The molecule has 6 heteroatoms. The highest BCUT2D eigenvalue weighted by molar-refractivity contribution is 7.88. The summed E-state index contributed by atoms with van der Waals surface area (Å²) in [5.74, 6) is 0.631. The summed E-state index contributed by atoms with van der Waals surface area (Å²) in [7, 11) is -3.21. The van der Waals surface area contributed by atoms with E-state index in [1.54, 1.807) is 6.07 Å². The van der Waals surface area contributed by atoms with Crippen LogP contribution >= 0.6 is 0 Å². The highest BCUT2D eigenvalue weighted by Crippen LogP contribution is 2.18. The first-order valence-electron chi connectivity index (χ1n) is 8.57. The first-order chi connectivity index (χ1) is 12.4. The number of aryl methyl sites for hydroxylation is 1. The average molecular weight is 372 g/mol. The van der Waals surface area contributed by atoms with Crippen LogP contribution in [-0.2, 0) is 16.4 Å². The molecule has 0 aliphatic carbocycles. The Morgan fingerprint density at radius 3 is 2.46 bits per heavy atom. The number of nitriles is 1. The molecule has 2 aromatic carbocycles. The lowest BCUT2D eigenvalue weighted by Crippen LogP contribution is -2.25. The molecule has 0 fully saturated rings. The van der Waals surface area contributed by atoms with Crippen molar-refractivity contribution in [3.8, 4) is 11.8 Å². The van der Waals surface area contributed by atoms with E-state index in [4.69, 9.17) is 10.00 Å². The molecule has 0 radical (unpaired) electrons. The lowest BCUT2D eigenvalue weighted by molar-refractivity contribution is 0.306. The van der Waals surface area contributed by atoms with E-state index in [2.05, 4.69) is 10.8 Å². The van der Waals surface area contributed by atoms with Gasteiger partial charge in [-0.15, -0.1) is 0 Å². The first kappa shape index (κ1) is 20.0. The number of unbranched alkanes of at least 4 members (excludes halogenated alkanes) is 1. The Hall–Kier alpha value is -2.36. The number of nitrogens with one attached hydrogen (secondary N) is 1. The Morgan fingerprint density at radius 2 is 1.81 bits per heavy atom. The van der Waals surface area contributed by atoms with Gasteiger partial charge < -0.3 is 4.74 Å².